The number of nitrogens with zero attached hydrogens (tertiary/aromatic N) is 15. The minimum Gasteiger partial charge on any atom is -0.331 e. The number of hydrogen-bond donors (Lipinski definition) is 4. The Bertz CT molecular complexity index is 2990. The van der Waals surface area contributed by atoms with Crippen LogP contribution in [-0.2, 0) is 0 Å². The lowest BCUT2D eigenvalue weighted by atomic mass is 10.0. The molecule has 63 heavy (non-hydrogen) atoms. The number of nitrogens with one attached hydrogen (secondary N) is 4. The van der Waals surface area contributed by atoms with Crippen molar-refractivity contribution in [3.63, 3.8) is 0 Å². The van der Waals surface area contributed by atoms with Gasteiger partial charge in [-0.3, -0.25) is 29.3 Å². The van der Waals surface area contributed by atoms with E-state index in [1.807, 2.05) is 99.2 Å². The number of imidazole rings is 2. The van der Waals surface area contributed by atoms with E-state index in [1.54, 1.807) is 35.8 Å². The number of aromatic amines is 2. The van der Waals surface area contributed by atoms with E-state index in [2.05, 4.69) is 84.1 Å². The molecule has 316 valence electrons. The number of pyridine rings is 2. The number of H-pyrrole nitrogens is 2. The minimum absolute atomic E-state index is 0.161. The zero-order valence-electron chi connectivity index (χ0n) is 33.9. The van der Waals surface area contributed by atoms with Crippen LogP contribution in [0.25, 0.3) is 22.7 Å². The van der Waals surface area contributed by atoms with Gasteiger partial charge in [0.2, 0.25) is 11.2 Å². The minimum atomic E-state index is 0.161. The van der Waals surface area contributed by atoms with Crippen LogP contribution >= 0.6 is 11.6 Å². The number of hydrogen-bond acceptors (Lipinski definition) is 13. The van der Waals surface area contributed by atoms with Crippen LogP contribution in [0.1, 0.15) is 61.9 Å². The Morgan fingerprint density at radius 3 is 1.78 bits per heavy atom. The van der Waals surface area contributed by atoms with Gasteiger partial charge in [0.05, 0.1) is 36.5 Å². The molecule has 11 heterocycles. The fraction of sp³-hybridized carbons (Fsp3) is 0.209. The number of aromatic nitrogens is 16. The van der Waals surface area contributed by atoms with Crippen LogP contribution in [-0.4, -0.2) is 85.2 Å². The third kappa shape index (κ3) is 8.80. The van der Waals surface area contributed by atoms with Crippen LogP contribution in [0.3, 0.4) is 0 Å². The molecule has 1 saturated carbocycles. The summed E-state index contributed by atoms with van der Waals surface area (Å²) in [5.74, 6) is 5.72. The third-order valence-electron chi connectivity index (χ3n) is 10.9. The van der Waals surface area contributed by atoms with E-state index in [-0.39, 0.29) is 11.3 Å². The van der Waals surface area contributed by atoms with E-state index >= 15 is 0 Å². The Kier molecular flexibility index (Phi) is 11.2. The molecule has 20 heteroatoms. The van der Waals surface area contributed by atoms with Crippen LogP contribution in [0.5, 0.6) is 0 Å². The molecule has 10 aromatic heterocycles. The molecule has 1 aliphatic heterocycles. The highest BCUT2D eigenvalue weighted by Crippen LogP contribution is 2.35. The summed E-state index contributed by atoms with van der Waals surface area (Å²) in [4.78, 5) is 29.0. The number of rotatable bonds is 9. The molecule has 12 rings (SSSR count). The molecule has 0 amide bonds. The van der Waals surface area contributed by atoms with E-state index in [0.29, 0.717) is 29.2 Å². The van der Waals surface area contributed by atoms with Crippen molar-refractivity contribution in [3.8, 4) is 11.6 Å². The summed E-state index contributed by atoms with van der Waals surface area (Å²) in [5.41, 5.74) is 4.04. The first kappa shape index (κ1) is 39.2. The van der Waals surface area contributed by atoms with Gasteiger partial charge in [-0.1, -0.05) is 25.0 Å². The topological polar surface area (TPSA) is 206 Å². The summed E-state index contributed by atoms with van der Waals surface area (Å²) >= 11 is 5.91. The molecule has 2 fully saturated rings. The van der Waals surface area contributed by atoms with Crippen molar-refractivity contribution in [2.24, 2.45) is 0 Å². The first-order valence-corrected chi connectivity index (χ1v) is 21.1. The molecule has 1 unspecified atom stereocenters. The van der Waals surface area contributed by atoms with Gasteiger partial charge in [-0.2, -0.15) is 20.2 Å². The summed E-state index contributed by atoms with van der Waals surface area (Å²) in [6.45, 7) is 0.891. The lowest BCUT2D eigenvalue weighted by Crippen LogP contribution is -2.26. The molecule has 19 nitrogen and oxygen atoms in total. The van der Waals surface area contributed by atoms with Crippen LogP contribution in [0.4, 0.5) is 29.2 Å². The highest BCUT2D eigenvalue weighted by molar-refractivity contribution is 6.28. The van der Waals surface area contributed by atoms with E-state index in [4.69, 9.17) is 21.7 Å². The summed E-state index contributed by atoms with van der Waals surface area (Å²) in [6, 6.07) is 23.9. The van der Waals surface area contributed by atoms with Crippen LogP contribution in [0.2, 0.25) is 5.28 Å². The molecule has 1 saturated heterocycles. The zero-order valence-corrected chi connectivity index (χ0v) is 34.6. The number of halogens is 1. The molecule has 1 atom stereocenters. The van der Waals surface area contributed by atoms with Crippen molar-refractivity contribution >= 4 is 51.9 Å². The lowest BCUT2D eigenvalue weighted by Gasteiger charge is -2.24. The number of fused-ring (bicyclic) bond motifs is 2. The molecule has 10 aromatic rings. The maximum Gasteiger partial charge on any atom is 0.246 e. The fourth-order valence-corrected chi connectivity index (χ4v) is 8.09. The van der Waals surface area contributed by atoms with Gasteiger partial charge in [-0.15, -0.1) is 10.2 Å². The monoisotopic (exact) mass is 859 g/mol. The Labute approximate surface area is 365 Å². The zero-order chi connectivity index (χ0) is 42.4. The number of anilines is 5. The van der Waals surface area contributed by atoms with Gasteiger partial charge < -0.3 is 15.5 Å². The standard InChI is InChI=1S/C21H20N10.C12H9ClN8.C10H13N/c1-2-9-22-15(5-1)16-6-3-11-30(16)21-26-20(17-7-4-12-31(17)28-21)25-18-13-29(14-23-18)19-8-10-24-27-19;13-12-17-11(8-2-1-5-21(8)19-12)16-9-6-20(7-14-9)10-3-4-15-18-10;1-2-6-9(5-1)10-7-3-4-8-11-10/h1-2,4-5,7-10,12-14,16H,3,6,11H2,(H,24,27)(H,25,26,28);1-7H,(H,15,18)(H,16,17,19);3-4,7-9H,1-2,5-6H2. The van der Waals surface area contributed by atoms with Crippen molar-refractivity contribution in [2.75, 3.05) is 22.1 Å². The quantitative estimate of drug-likeness (QED) is 0.109. The van der Waals surface area contributed by atoms with Crippen molar-refractivity contribution in [2.45, 2.75) is 50.5 Å². The van der Waals surface area contributed by atoms with Gasteiger partial charge in [-0.05, 0) is 85.8 Å². The Morgan fingerprint density at radius 1 is 0.587 bits per heavy atom. The molecule has 0 spiro atoms. The van der Waals surface area contributed by atoms with Crippen LogP contribution < -0.4 is 15.5 Å². The Morgan fingerprint density at radius 2 is 1.19 bits per heavy atom. The first-order valence-electron chi connectivity index (χ1n) is 20.7. The summed E-state index contributed by atoms with van der Waals surface area (Å²) < 4.78 is 7.19. The normalized spacial score (nSPS) is 15.0. The summed E-state index contributed by atoms with van der Waals surface area (Å²) in [5, 5.41) is 29.2. The van der Waals surface area contributed by atoms with Crippen LogP contribution in [0.15, 0.2) is 135 Å². The van der Waals surface area contributed by atoms with Crippen molar-refractivity contribution < 1.29 is 0 Å². The van der Waals surface area contributed by atoms with Gasteiger partial charge in [0.1, 0.15) is 47.0 Å². The maximum absolute atomic E-state index is 5.91. The van der Waals surface area contributed by atoms with Gasteiger partial charge in [0.15, 0.2) is 11.6 Å². The summed E-state index contributed by atoms with van der Waals surface area (Å²) in [6.07, 6.45) is 25.5. The second-order valence-corrected chi connectivity index (χ2v) is 15.3. The molecule has 2 aliphatic rings. The van der Waals surface area contributed by atoms with Crippen molar-refractivity contribution in [3.05, 3.63) is 152 Å². The third-order valence-corrected chi connectivity index (χ3v) is 11.1. The smallest absolute Gasteiger partial charge is 0.246 e. The predicted octanol–water partition coefficient (Wildman–Crippen LogP) is 7.89. The van der Waals surface area contributed by atoms with E-state index in [9.17, 15) is 0 Å². The molecule has 0 radical (unpaired) electrons. The summed E-state index contributed by atoms with van der Waals surface area (Å²) in [7, 11) is 0. The van der Waals surface area contributed by atoms with Gasteiger partial charge in [-0.25, -0.2) is 19.0 Å². The molecule has 4 N–H and O–H groups in total. The average Bonchev–Trinajstić information content (AvgIpc) is 4.17. The predicted molar refractivity (Wildman–Crippen MR) is 238 cm³/mol. The van der Waals surface area contributed by atoms with Gasteiger partial charge in [0, 0.05) is 55.1 Å². The Balaban J connectivity index is 0.000000126. The largest absolute Gasteiger partial charge is 0.331 e. The first-order chi connectivity index (χ1) is 31.1. The van der Waals surface area contributed by atoms with Crippen LogP contribution in [0, 0.1) is 0 Å². The second kappa shape index (κ2) is 18.0. The highest BCUT2D eigenvalue weighted by atomic mass is 35.5. The molecule has 0 bridgehead atoms. The van der Waals surface area contributed by atoms with Crippen molar-refractivity contribution in [1.82, 2.24) is 78.7 Å². The SMILES string of the molecule is Clc1nc(Nc2cn(-c3ccn[nH]3)cn2)c2cccn2n1.c1ccc(C2CCCC2)nc1.c1ccc(C2CCCN2c2nc(Nc3cn(-c4ccn[nH]4)cn3)c3cccn3n2)nc1. The van der Waals surface area contributed by atoms with Crippen molar-refractivity contribution in [1.29, 1.82) is 0 Å². The molecule has 1 aliphatic carbocycles. The van der Waals surface area contributed by atoms with Gasteiger partial charge >= 0.3 is 0 Å². The highest BCUT2D eigenvalue weighted by Gasteiger charge is 2.30. The second-order valence-electron chi connectivity index (χ2n) is 15.0. The lowest BCUT2D eigenvalue weighted by molar-refractivity contribution is 0.670. The molecular formula is C43H42ClN19. The molecular weight excluding hydrogens is 818 g/mol. The molecule has 0 aromatic carbocycles. The van der Waals surface area contributed by atoms with E-state index in [1.165, 1.54) is 31.4 Å². The van der Waals surface area contributed by atoms with Gasteiger partial charge in [0.25, 0.3) is 0 Å². The fourth-order valence-electron chi connectivity index (χ4n) is 7.93. The van der Waals surface area contributed by atoms with E-state index < -0.39 is 0 Å². The maximum atomic E-state index is 5.91. The Hall–Kier alpha value is -7.93. The average molecular weight is 860 g/mol. The van der Waals surface area contributed by atoms with E-state index in [0.717, 1.165) is 53.7 Å².